The molecule has 0 aliphatic carbocycles. The molecule has 1 amide bonds. The van der Waals surface area contributed by atoms with Crippen molar-refractivity contribution in [2.24, 2.45) is 0 Å². The minimum absolute atomic E-state index is 0.0181. The molecule has 1 aromatic heterocycles. The Hall–Kier alpha value is -2.40. The first-order valence-corrected chi connectivity index (χ1v) is 8.20. The van der Waals surface area contributed by atoms with Crippen LogP contribution >= 0.6 is 0 Å². The first-order valence-electron chi connectivity index (χ1n) is 8.20. The van der Waals surface area contributed by atoms with Gasteiger partial charge in [-0.25, -0.2) is 4.98 Å². The fraction of sp³-hybridized carbons (Fsp3) is 0.368. The number of rotatable bonds is 5. The second-order valence-electron chi connectivity index (χ2n) is 5.91. The van der Waals surface area contributed by atoms with Crippen LogP contribution in [0.4, 0.5) is 0 Å². The maximum Gasteiger partial charge on any atom is 0.255 e. The first kappa shape index (κ1) is 16.5. The number of aromatic nitrogens is 1. The van der Waals surface area contributed by atoms with E-state index in [0.29, 0.717) is 31.2 Å². The highest BCUT2D eigenvalue weighted by Crippen LogP contribution is 2.21. The van der Waals surface area contributed by atoms with E-state index in [1.54, 1.807) is 30.3 Å². The van der Waals surface area contributed by atoms with Crippen LogP contribution in [0.5, 0.6) is 5.88 Å². The van der Waals surface area contributed by atoms with Crippen molar-refractivity contribution in [2.75, 3.05) is 20.2 Å². The van der Waals surface area contributed by atoms with Gasteiger partial charge in [-0.2, -0.15) is 0 Å². The van der Waals surface area contributed by atoms with Gasteiger partial charge in [0, 0.05) is 32.3 Å². The Morgan fingerprint density at radius 2 is 2.08 bits per heavy atom. The summed E-state index contributed by atoms with van der Waals surface area (Å²) in [6, 6.07) is 11.7. The zero-order valence-electron chi connectivity index (χ0n) is 14.1. The lowest BCUT2D eigenvalue weighted by Gasteiger charge is -2.29. The Balaban J connectivity index is 1.60. The SMILES string of the molecule is CCOc1ccc(C(=O)N(C)CC2Cc3ccccc3CO2)cn1. The van der Waals surface area contributed by atoms with E-state index >= 15 is 0 Å². The van der Waals surface area contributed by atoms with E-state index < -0.39 is 0 Å². The lowest BCUT2D eigenvalue weighted by molar-refractivity contribution is 0.00984. The zero-order valence-corrected chi connectivity index (χ0v) is 14.1. The van der Waals surface area contributed by atoms with Gasteiger partial charge in [-0.1, -0.05) is 24.3 Å². The van der Waals surface area contributed by atoms with Crippen molar-refractivity contribution in [3.8, 4) is 5.88 Å². The van der Waals surface area contributed by atoms with Crippen molar-refractivity contribution < 1.29 is 14.3 Å². The molecule has 1 unspecified atom stereocenters. The van der Waals surface area contributed by atoms with Gasteiger partial charge in [0.25, 0.3) is 5.91 Å². The summed E-state index contributed by atoms with van der Waals surface area (Å²) in [5.41, 5.74) is 3.09. The number of likely N-dealkylation sites (N-methyl/N-ethyl adjacent to an activating group) is 1. The van der Waals surface area contributed by atoms with Crippen LogP contribution in [0, 0.1) is 0 Å². The van der Waals surface area contributed by atoms with Crippen LogP contribution in [0.3, 0.4) is 0 Å². The van der Waals surface area contributed by atoms with E-state index in [0.717, 1.165) is 6.42 Å². The first-order chi connectivity index (χ1) is 11.7. The molecule has 1 aliphatic heterocycles. The molecule has 3 rings (SSSR count). The Labute approximate surface area is 142 Å². The predicted molar refractivity (Wildman–Crippen MR) is 91.1 cm³/mol. The Kier molecular flexibility index (Phi) is 5.11. The molecule has 0 radical (unpaired) electrons. The third-order valence-corrected chi connectivity index (χ3v) is 4.14. The Bertz CT molecular complexity index is 700. The molecule has 24 heavy (non-hydrogen) atoms. The standard InChI is InChI=1S/C19H22N2O3/c1-3-23-18-9-8-15(11-20-18)19(22)21(2)12-17-10-14-6-4-5-7-16(14)13-24-17/h4-9,11,17H,3,10,12-13H2,1-2H3. The Morgan fingerprint density at radius 1 is 1.29 bits per heavy atom. The normalized spacial score (nSPS) is 16.3. The van der Waals surface area contributed by atoms with Crippen molar-refractivity contribution >= 4 is 5.91 Å². The second-order valence-corrected chi connectivity index (χ2v) is 5.91. The van der Waals surface area contributed by atoms with Gasteiger partial charge in [-0.15, -0.1) is 0 Å². The van der Waals surface area contributed by atoms with Crippen molar-refractivity contribution in [2.45, 2.75) is 26.1 Å². The van der Waals surface area contributed by atoms with E-state index in [9.17, 15) is 4.79 Å². The largest absolute Gasteiger partial charge is 0.478 e. The van der Waals surface area contributed by atoms with Crippen LogP contribution in [-0.2, 0) is 17.8 Å². The van der Waals surface area contributed by atoms with E-state index in [4.69, 9.17) is 9.47 Å². The molecule has 2 heterocycles. The van der Waals surface area contributed by atoms with Gasteiger partial charge >= 0.3 is 0 Å². The van der Waals surface area contributed by atoms with Gasteiger partial charge in [-0.05, 0) is 24.1 Å². The predicted octanol–water partition coefficient (Wildman–Crippen LogP) is 2.69. The Morgan fingerprint density at radius 3 is 2.79 bits per heavy atom. The van der Waals surface area contributed by atoms with Gasteiger partial charge < -0.3 is 14.4 Å². The van der Waals surface area contributed by atoms with Crippen LogP contribution in [0.1, 0.15) is 28.4 Å². The van der Waals surface area contributed by atoms with E-state index in [1.807, 2.05) is 19.1 Å². The third-order valence-electron chi connectivity index (χ3n) is 4.14. The number of benzene rings is 1. The van der Waals surface area contributed by atoms with E-state index in [1.165, 1.54) is 11.1 Å². The number of hydrogen-bond acceptors (Lipinski definition) is 4. The zero-order chi connectivity index (χ0) is 16.9. The van der Waals surface area contributed by atoms with Crippen LogP contribution < -0.4 is 4.74 Å². The lowest BCUT2D eigenvalue weighted by atomic mass is 9.99. The molecule has 0 saturated heterocycles. The monoisotopic (exact) mass is 326 g/mol. The number of ether oxygens (including phenoxy) is 2. The van der Waals surface area contributed by atoms with Gasteiger partial charge in [0.2, 0.25) is 5.88 Å². The summed E-state index contributed by atoms with van der Waals surface area (Å²) < 4.78 is 11.2. The molecule has 0 saturated carbocycles. The molecule has 0 spiro atoms. The van der Waals surface area contributed by atoms with Crippen LogP contribution in [0.2, 0.25) is 0 Å². The molecule has 5 heteroatoms. The van der Waals surface area contributed by atoms with Crippen LogP contribution in [0.25, 0.3) is 0 Å². The summed E-state index contributed by atoms with van der Waals surface area (Å²) in [4.78, 5) is 18.4. The van der Waals surface area contributed by atoms with Crippen molar-refractivity contribution in [3.05, 3.63) is 59.3 Å². The fourth-order valence-electron chi connectivity index (χ4n) is 2.88. The number of pyridine rings is 1. The van der Waals surface area contributed by atoms with Crippen molar-refractivity contribution in [1.29, 1.82) is 0 Å². The van der Waals surface area contributed by atoms with Crippen LogP contribution in [0.15, 0.2) is 42.6 Å². The maximum atomic E-state index is 12.5. The molecule has 1 atom stereocenters. The molecule has 0 fully saturated rings. The molecule has 2 aromatic rings. The summed E-state index contributed by atoms with van der Waals surface area (Å²) >= 11 is 0. The number of hydrogen-bond donors (Lipinski definition) is 0. The van der Waals surface area contributed by atoms with Gasteiger partial charge in [0.1, 0.15) is 0 Å². The quantitative estimate of drug-likeness (QED) is 0.848. The van der Waals surface area contributed by atoms with E-state index in [-0.39, 0.29) is 12.0 Å². The van der Waals surface area contributed by atoms with E-state index in [2.05, 4.69) is 17.1 Å². The number of fused-ring (bicyclic) bond motifs is 1. The van der Waals surface area contributed by atoms with Crippen LogP contribution in [-0.4, -0.2) is 42.1 Å². The van der Waals surface area contributed by atoms with Crippen molar-refractivity contribution in [1.82, 2.24) is 9.88 Å². The minimum Gasteiger partial charge on any atom is -0.478 e. The molecule has 0 bridgehead atoms. The van der Waals surface area contributed by atoms with Gasteiger partial charge in [-0.3, -0.25) is 4.79 Å². The number of amides is 1. The lowest BCUT2D eigenvalue weighted by Crippen LogP contribution is -2.38. The minimum atomic E-state index is -0.0620. The van der Waals surface area contributed by atoms with Gasteiger partial charge in [0.05, 0.1) is 24.9 Å². The molecule has 0 N–H and O–H groups in total. The summed E-state index contributed by atoms with van der Waals surface area (Å²) in [6.07, 6.45) is 2.40. The molecular formula is C19H22N2O3. The maximum absolute atomic E-state index is 12.5. The molecule has 5 nitrogen and oxygen atoms in total. The number of carbonyl (C=O) groups excluding carboxylic acids is 1. The fourth-order valence-corrected chi connectivity index (χ4v) is 2.88. The third kappa shape index (κ3) is 3.74. The summed E-state index contributed by atoms with van der Waals surface area (Å²) in [6.45, 7) is 3.62. The van der Waals surface area contributed by atoms with Gasteiger partial charge in [0.15, 0.2) is 0 Å². The molecule has 126 valence electrons. The highest BCUT2D eigenvalue weighted by atomic mass is 16.5. The van der Waals surface area contributed by atoms with Crippen molar-refractivity contribution in [3.63, 3.8) is 0 Å². The average Bonchev–Trinajstić information content (AvgIpc) is 2.62. The number of carbonyl (C=O) groups is 1. The highest BCUT2D eigenvalue weighted by molar-refractivity contribution is 5.93. The summed E-state index contributed by atoms with van der Waals surface area (Å²) in [7, 11) is 1.79. The molecule has 1 aromatic carbocycles. The molecule has 1 aliphatic rings. The highest BCUT2D eigenvalue weighted by Gasteiger charge is 2.22. The summed E-state index contributed by atoms with van der Waals surface area (Å²) in [5.74, 6) is 0.469. The average molecular weight is 326 g/mol. The summed E-state index contributed by atoms with van der Waals surface area (Å²) in [5, 5.41) is 0. The topological polar surface area (TPSA) is 51.7 Å². The second kappa shape index (κ2) is 7.45. The molecular weight excluding hydrogens is 304 g/mol. The smallest absolute Gasteiger partial charge is 0.255 e. The number of nitrogens with zero attached hydrogens (tertiary/aromatic N) is 2.